The van der Waals surface area contributed by atoms with Crippen molar-refractivity contribution in [1.29, 1.82) is 0 Å². The molecule has 0 saturated heterocycles. The molecule has 208 valence electrons. The fraction of sp³-hybridized carbons (Fsp3) is 0.935. The molecule has 0 aliphatic carbocycles. The summed E-state index contributed by atoms with van der Waals surface area (Å²) in [6, 6.07) is 0. The van der Waals surface area contributed by atoms with Gasteiger partial charge in [0.25, 0.3) is 0 Å². The van der Waals surface area contributed by atoms with Crippen molar-refractivity contribution < 1.29 is 19.4 Å². The average Bonchev–Trinajstić information content (AvgIpc) is 2.83. The molecule has 35 heavy (non-hydrogen) atoms. The molecule has 0 saturated carbocycles. The largest absolute Gasteiger partial charge is 0.481 e. The summed E-state index contributed by atoms with van der Waals surface area (Å²) in [4.78, 5) is 22.9. The molecule has 0 aliphatic heterocycles. The van der Waals surface area contributed by atoms with Crippen LogP contribution < -0.4 is 0 Å². The van der Waals surface area contributed by atoms with Crippen molar-refractivity contribution in [2.24, 2.45) is 0 Å². The fourth-order valence-corrected chi connectivity index (χ4v) is 4.77. The van der Waals surface area contributed by atoms with Crippen LogP contribution in [0.2, 0.25) is 0 Å². The first-order chi connectivity index (χ1) is 17.1. The molecule has 0 heterocycles. The highest BCUT2D eigenvalue weighted by atomic mass is 16.5. The number of esters is 1. The number of rotatable bonds is 28. The lowest BCUT2D eigenvalue weighted by Crippen LogP contribution is -2.18. The van der Waals surface area contributed by atoms with Crippen LogP contribution in [0.3, 0.4) is 0 Å². The van der Waals surface area contributed by atoms with Crippen molar-refractivity contribution in [2.75, 3.05) is 0 Å². The lowest BCUT2D eigenvalue weighted by Gasteiger charge is -2.18. The van der Waals surface area contributed by atoms with Crippen LogP contribution in [-0.4, -0.2) is 23.1 Å². The third-order valence-electron chi connectivity index (χ3n) is 7.08. The van der Waals surface area contributed by atoms with E-state index >= 15 is 0 Å². The maximum Gasteiger partial charge on any atom is 0.306 e. The summed E-state index contributed by atoms with van der Waals surface area (Å²) in [5.41, 5.74) is 0. The second-order valence-corrected chi connectivity index (χ2v) is 10.7. The smallest absolute Gasteiger partial charge is 0.306 e. The number of hydrogen-bond donors (Lipinski definition) is 1. The standard InChI is InChI=1S/C31H60O4/c1-3-5-7-8-9-10-11-12-13-14-15-16-20-24-28-31(34)35-29(25-21-6-4-2)26-22-18-17-19-23-27-30(32)33/h29H,3-28H2,1-2H3,(H,32,33). The van der Waals surface area contributed by atoms with Gasteiger partial charge < -0.3 is 9.84 Å². The van der Waals surface area contributed by atoms with E-state index in [1.54, 1.807) is 0 Å². The maximum absolute atomic E-state index is 12.4. The van der Waals surface area contributed by atoms with E-state index in [-0.39, 0.29) is 18.5 Å². The third kappa shape index (κ3) is 27.4. The van der Waals surface area contributed by atoms with E-state index < -0.39 is 5.97 Å². The molecule has 0 aromatic heterocycles. The summed E-state index contributed by atoms with van der Waals surface area (Å²) in [5, 5.41) is 8.70. The van der Waals surface area contributed by atoms with Gasteiger partial charge in [-0.15, -0.1) is 0 Å². The number of unbranched alkanes of at least 4 members (excludes halogenated alkanes) is 19. The van der Waals surface area contributed by atoms with E-state index in [1.807, 2.05) is 0 Å². The molecule has 0 spiro atoms. The Hall–Kier alpha value is -1.06. The van der Waals surface area contributed by atoms with Gasteiger partial charge >= 0.3 is 11.9 Å². The summed E-state index contributed by atoms with van der Waals surface area (Å²) in [5.74, 6) is -0.710. The van der Waals surface area contributed by atoms with Crippen molar-refractivity contribution in [3.63, 3.8) is 0 Å². The highest BCUT2D eigenvalue weighted by molar-refractivity contribution is 5.69. The summed E-state index contributed by atoms with van der Waals surface area (Å²) >= 11 is 0. The Labute approximate surface area is 218 Å². The van der Waals surface area contributed by atoms with Gasteiger partial charge in [0, 0.05) is 12.8 Å². The number of carboxylic acid groups (broad SMARTS) is 1. The summed E-state index contributed by atoms with van der Waals surface area (Å²) < 4.78 is 5.85. The van der Waals surface area contributed by atoms with Gasteiger partial charge in [-0.05, 0) is 38.5 Å². The van der Waals surface area contributed by atoms with Gasteiger partial charge in [-0.25, -0.2) is 0 Å². The Kier molecular flexibility index (Phi) is 26.7. The number of hydrogen-bond acceptors (Lipinski definition) is 3. The zero-order chi connectivity index (χ0) is 25.8. The first-order valence-corrected chi connectivity index (χ1v) is 15.5. The van der Waals surface area contributed by atoms with Crippen molar-refractivity contribution in [3.8, 4) is 0 Å². The third-order valence-corrected chi connectivity index (χ3v) is 7.08. The van der Waals surface area contributed by atoms with E-state index in [0.29, 0.717) is 6.42 Å². The minimum Gasteiger partial charge on any atom is -0.481 e. The molecule has 0 aromatic carbocycles. The van der Waals surface area contributed by atoms with Gasteiger partial charge in [-0.1, -0.05) is 129 Å². The lowest BCUT2D eigenvalue weighted by molar-refractivity contribution is -0.150. The van der Waals surface area contributed by atoms with Crippen molar-refractivity contribution >= 4 is 11.9 Å². The van der Waals surface area contributed by atoms with Crippen LogP contribution in [0.15, 0.2) is 0 Å². The average molecular weight is 497 g/mol. The molecule has 0 fully saturated rings. The van der Waals surface area contributed by atoms with Gasteiger partial charge in [0.05, 0.1) is 0 Å². The zero-order valence-electron chi connectivity index (χ0n) is 23.6. The Bertz CT molecular complexity index is 463. The molecule has 0 radical (unpaired) electrons. The van der Waals surface area contributed by atoms with Crippen LogP contribution in [-0.2, 0) is 14.3 Å². The van der Waals surface area contributed by atoms with Gasteiger partial charge in [0.1, 0.15) is 6.10 Å². The van der Waals surface area contributed by atoms with E-state index in [9.17, 15) is 9.59 Å². The van der Waals surface area contributed by atoms with Crippen LogP contribution >= 0.6 is 0 Å². The molecular formula is C31H60O4. The van der Waals surface area contributed by atoms with Gasteiger partial charge in [0.2, 0.25) is 0 Å². The second kappa shape index (κ2) is 27.5. The van der Waals surface area contributed by atoms with Crippen LogP contribution in [0, 0.1) is 0 Å². The Morgan fingerprint density at radius 2 is 0.857 bits per heavy atom. The van der Waals surface area contributed by atoms with Crippen LogP contribution in [0.25, 0.3) is 0 Å². The molecular weight excluding hydrogens is 436 g/mol. The first kappa shape index (κ1) is 33.9. The van der Waals surface area contributed by atoms with Crippen LogP contribution in [0.1, 0.15) is 181 Å². The molecule has 0 amide bonds. The predicted octanol–water partition coefficient (Wildman–Crippen LogP) is 10.2. The number of carbonyl (C=O) groups is 2. The van der Waals surface area contributed by atoms with Crippen molar-refractivity contribution in [2.45, 2.75) is 187 Å². The SMILES string of the molecule is CCCCCCCCCCCCCCCCC(=O)OC(CCCCC)CCCCCCCC(=O)O. The molecule has 0 aromatic rings. The molecule has 1 unspecified atom stereocenters. The second-order valence-electron chi connectivity index (χ2n) is 10.7. The van der Waals surface area contributed by atoms with Crippen LogP contribution in [0.4, 0.5) is 0 Å². The summed E-state index contributed by atoms with van der Waals surface area (Å²) in [6.45, 7) is 4.48. The minimum absolute atomic E-state index is 0.00751. The highest BCUT2D eigenvalue weighted by Crippen LogP contribution is 2.18. The monoisotopic (exact) mass is 496 g/mol. The Morgan fingerprint density at radius 1 is 0.514 bits per heavy atom. The Balaban J connectivity index is 3.71. The predicted molar refractivity (Wildman–Crippen MR) is 149 cm³/mol. The molecule has 4 heteroatoms. The first-order valence-electron chi connectivity index (χ1n) is 15.5. The summed E-state index contributed by atoms with van der Waals surface area (Å²) in [6.07, 6.45) is 29.9. The topological polar surface area (TPSA) is 63.6 Å². The van der Waals surface area contributed by atoms with Crippen LogP contribution in [0.5, 0.6) is 0 Å². The molecule has 1 atom stereocenters. The quantitative estimate of drug-likeness (QED) is 0.0864. The van der Waals surface area contributed by atoms with Gasteiger partial charge in [-0.2, -0.15) is 0 Å². The number of carboxylic acids is 1. The highest BCUT2D eigenvalue weighted by Gasteiger charge is 2.14. The number of ether oxygens (including phenoxy) is 1. The zero-order valence-corrected chi connectivity index (χ0v) is 23.6. The van der Waals surface area contributed by atoms with E-state index in [2.05, 4.69) is 13.8 Å². The van der Waals surface area contributed by atoms with E-state index in [1.165, 1.54) is 89.9 Å². The van der Waals surface area contributed by atoms with Gasteiger partial charge in [0.15, 0.2) is 0 Å². The van der Waals surface area contributed by atoms with Crippen molar-refractivity contribution in [3.05, 3.63) is 0 Å². The lowest BCUT2D eigenvalue weighted by atomic mass is 10.0. The normalized spacial score (nSPS) is 12.1. The number of carbonyl (C=O) groups excluding carboxylic acids is 1. The maximum atomic E-state index is 12.4. The fourth-order valence-electron chi connectivity index (χ4n) is 4.77. The Morgan fingerprint density at radius 3 is 1.31 bits per heavy atom. The molecule has 4 nitrogen and oxygen atoms in total. The van der Waals surface area contributed by atoms with Crippen molar-refractivity contribution in [1.82, 2.24) is 0 Å². The van der Waals surface area contributed by atoms with Gasteiger partial charge in [-0.3, -0.25) is 9.59 Å². The molecule has 0 aliphatic rings. The molecule has 1 N–H and O–H groups in total. The molecule has 0 rings (SSSR count). The number of aliphatic carboxylic acids is 1. The molecule has 0 bridgehead atoms. The minimum atomic E-state index is -0.702. The van der Waals surface area contributed by atoms with E-state index in [4.69, 9.17) is 9.84 Å². The van der Waals surface area contributed by atoms with E-state index in [0.717, 1.165) is 64.2 Å². The summed E-state index contributed by atoms with van der Waals surface area (Å²) in [7, 11) is 0.